The van der Waals surface area contributed by atoms with Gasteiger partial charge in [-0.2, -0.15) is 0 Å². The molecule has 1 atom stereocenters. The van der Waals surface area contributed by atoms with Crippen LogP contribution in [0.5, 0.6) is 0 Å². The molecule has 0 aromatic heterocycles. The molecule has 0 fully saturated rings. The molecule has 4 N–H and O–H groups in total. The lowest BCUT2D eigenvalue weighted by Gasteiger charge is -2.10. The molecule has 5 nitrogen and oxygen atoms in total. The fourth-order valence-electron chi connectivity index (χ4n) is 0.981. The molecule has 1 amide bonds. The lowest BCUT2D eigenvalue weighted by Crippen LogP contribution is -2.30. The zero-order valence-corrected chi connectivity index (χ0v) is 10.2. The van der Waals surface area contributed by atoms with Gasteiger partial charge in [0.15, 0.2) is 6.10 Å². The number of nitrogens with two attached hydrogens (primary N) is 2. The van der Waals surface area contributed by atoms with Gasteiger partial charge in [-0.15, -0.1) is 0 Å². The maximum atomic E-state index is 11.6. The minimum absolute atomic E-state index is 0.258. The molecule has 0 spiro atoms. The largest absolute Gasteiger partial charge is 0.449 e. The quantitative estimate of drug-likeness (QED) is 0.642. The van der Waals surface area contributed by atoms with Gasteiger partial charge in [0.1, 0.15) is 0 Å². The predicted octanol–water partition coefficient (Wildman–Crippen LogP) is 1.06. The van der Waals surface area contributed by atoms with E-state index in [-0.39, 0.29) is 5.56 Å². The van der Waals surface area contributed by atoms with Crippen LogP contribution < -0.4 is 11.5 Å². The van der Waals surface area contributed by atoms with E-state index in [9.17, 15) is 9.59 Å². The molecule has 1 unspecified atom stereocenters. The Balaban J connectivity index is 2.88. The first-order valence-electron chi connectivity index (χ1n) is 4.47. The SMILES string of the molecule is CC(OC(=O)c1cc(N)ccc1Br)C(N)=O. The molecule has 0 radical (unpaired) electrons. The number of halogens is 1. The Morgan fingerprint density at radius 1 is 1.44 bits per heavy atom. The van der Waals surface area contributed by atoms with E-state index in [1.165, 1.54) is 13.0 Å². The fraction of sp³-hybridized carbons (Fsp3) is 0.200. The third kappa shape index (κ3) is 2.96. The summed E-state index contributed by atoms with van der Waals surface area (Å²) < 4.78 is 5.38. The zero-order chi connectivity index (χ0) is 12.3. The number of primary amides is 1. The number of hydrogen-bond donors (Lipinski definition) is 2. The van der Waals surface area contributed by atoms with Crippen molar-refractivity contribution in [3.63, 3.8) is 0 Å². The van der Waals surface area contributed by atoms with E-state index in [0.29, 0.717) is 10.2 Å². The topological polar surface area (TPSA) is 95.4 Å². The van der Waals surface area contributed by atoms with Gasteiger partial charge < -0.3 is 16.2 Å². The van der Waals surface area contributed by atoms with Crippen molar-refractivity contribution >= 4 is 33.5 Å². The second-order valence-electron chi connectivity index (χ2n) is 3.19. The molecular weight excluding hydrogens is 276 g/mol. The van der Waals surface area contributed by atoms with Crippen molar-refractivity contribution < 1.29 is 14.3 Å². The van der Waals surface area contributed by atoms with Crippen molar-refractivity contribution in [2.75, 3.05) is 5.73 Å². The first-order valence-corrected chi connectivity index (χ1v) is 5.26. The molecule has 1 aromatic rings. The minimum atomic E-state index is -0.971. The molecule has 0 heterocycles. The molecule has 16 heavy (non-hydrogen) atoms. The molecular formula is C10H11BrN2O3. The van der Waals surface area contributed by atoms with Crippen LogP contribution in [0.3, 0.4) is 0 Å². The number of benzene rings is 1. The molecule has 0 aliphatic carbocycles. The van der Waals surface area contributed by atoms with Gasteiger partial charge in [0.05, 0.1) is 5.56 Å². The molecule has 0 aliphatic rings. The summed E-state index contributed by atoms with van der Waals surface area (Å²) in [7, 11) is 0. The van der Waals surface area contributed by atoms with Crippen molar-refractivity contribution in [1.82, 2.24) is 0 Å². The van der Waals surface area contributed by atoms with Gasteiger partial charge in [-0.25, -0.2) is 4.79 Å². The van der Waals surface area contributed by atoms with Crippen LogP contribution in [0.15, 0.2) is 22.7 Å². The lowest BCUT2D eigenvalue weighted by atomic mass is 10.2. The van der Waals surface area contributed by atoms with E-state index in [1.54, 1.807) is 12.1 Å². The number of esters is 1. The smallest absolute Gasteiger partial charge is 0.340 e. The Hall–Kier alpha value is -1.56. The third-order valence-electron chi connectivity index (χ3n) is 1.89. The molecule has 6 heteroatoms. The van der Waals surface area contributed by atoms with Crippen LogP contribution in [-0.2, 0) is 9.53 Å². The number of anilines is 1. The maximum absolute atomic E-state index is 11.6. The van der Waals surface area contributed by atoms with Crippen LogP contribution in [0, 0.1) is 0 Å². The Kier molecular flexibility index (Phi) is 3.89. The Morgan fingerprint density at radius 3 is 2.62 bits per heavy atom. The average molecular weight is 287 g/mol. The first-order chi connectivity index (χ1) is 7.41. The van der Waals surface area contributed by atoms with E-state index in [2.05, 4.69) is 15.9 Å². The lowest BCUT2D eigenvalue weighted by molar-refractivity contribution is -0.125. The van der Waals surface area contributed by atoms with Gasteiger partial charge in [-0.05, 0) is 41.1 Å². The average Bonchev–Trinajstić information content (AvgIpc) is 2.21. The molecule has 1 aromatic carbocycles. The second kappa shape index (κ2) is 4.98. The summed E-state index contributed by atoms with van der Waals surface area (Å²) in [6, 6.07) is 4.72. The van der Waals surface area contributed by atoms with E-state index in [1.807, 2.05) is 0 Å². The number of ether oxygens (including phenoxy) is 1. The Labute approximate surface area is 101 Å². The third-order valence-corrected chi connectivity index (χ3v) is 2.59. The highest BCUT2D eigenvalue weighted by Crippen LogP contribution is 2.20. The second-order valence-corrected chi connectivity index (χ2v) is 4.04. The van der Waals surface area contributed by atoms with Crippen LogP contribution >= 0.6 is 15.9 Å². The van der Waals surface area contributed by atoms with Gasteiger partial charge in [0, 0.05) is 10.2 Å². The van der Waals surface area contributed by atoms with E-state index in [0.717, 1.165) is 0 Å². The van der Waals surface area contributed by atoms with Crippen molar-refractivity contribution in [3.05, 3.63) is 28.2 Å². The van der Waals surface area contributed by atoms with Gasteiger partial charge in [-0.1, -0.05) is 0 Å². The summed E-state index contributed by atoms with van der Waals surface area (Å²) in [5.74, 6) is -1.35. The van der Waals surface area contributed by atoms with Gasteiger partial charge in [0.2, 0.25) is 0 Å². The normalized spacial score (nSPS) is 11.9. The summed E-state index contributed by atoms with van der Waals surface area (Å²) in [5, 5.41) is 0. The van der Waals surface area contributed by atoms with Gasteiger partial charge in [-0.3, -0.25) is 4.79 Å². The number of amides is 1. The molecule has 0 saturated carbocycles. The molecule has 1 rings (SSSR count). The van der Waals surface area contributed by atoms with Crippen LogP contribution in [0.1, 0.15) is 17.3 Å². The van der Waals surface area contributed by atoms with E-state index >= 15 is 0 Å². The first kappa shape index (κ1) is 12.5. The maximum Gasteiger partial charge on any atom is 0.340 e. The van der Waals surface area contributed by atoms with Crippen molar-refractivity contribution in [2.24, 2.45) is 5.73 Å². The predicted molar refractivity (Wildman–Crippen MR) is 62.6 cm³/mol. The van der Waals surface area contributed by atoms with E-state index < -0.39 is 18.0 Å². The van der Waals surface area contributed by atoms with Crippen LogP contribution in [0.4, 0.5) is 5.69 Å². The van der Waals surface area contributed by atoms with Crippen LogP contribution in [0.25, 0.3) is 0 Å². The van der Waals surface area contributed by atoms with Gasteiger partial charge in [0.25, 0.3) is 5.91 Å². The summed E-state index contributed by atoms with van der Waals surface area (Å²) in [6.45, 7) is 1.40. The molecule has 0 aliphatic heterocycles. The highest BCUT2D eigenvalue weighted by molar-refractivity contribution is 9.10. The molecule has 0 saturated heterocycles. The number of carbonyl (C=O) groups is 2. The number of nitrogen functional groups attached to an aromatic ring is 1. The number of rotatable bonds is 3. The van der Waals surface area contributed by atoms with E-state index in [4.69, 9.17) is 16.2 Å². The number of carbonyl (C=O) groups excluding carboxylic acids is 2. The summed E-state index contributed by atoms with van der Waals surface area (Å²) in [5.41, 5.74) is 11.2. The molecule has 0 bridgehead atoms. The Morgan fingerprint density at radius 2 is 2.06 bits per heavy atom. The summed E-state index contributed by atoms with van der Waals surface area (Å²) in [6.07, 6.45) is -0.971. The fourth-order valence-corrected chi connectivity index (χ4v) is 1.39. The van der Waals surface area contributed by atoms with Crippen LogP contribution in [0.2, 0.25) is 0 Å². The molecule has 86 valence electrons. The summed E-state index contributed by atoms with van der Waals surface area (Å²) >= 11 is 3.19. The number of hydrogen-bond acceptors (Lipinski definition) is 4. The Bertz CT molecular complexity index is 434. The van der Waals surface area contributed by atoms with Gasteiger partial charge >= 0.3 is 5.97 Å². The van der Waals surface area contributed by atoms with Crippen LogP contribution in [-0.4, -0.2) is 18.0 Å². The highest BCUT2D eigenvalue weighted by atomic mass is 79.9. The minimum Gasteiger partial charge on any atom is -0.449 e. The standard InChI is InChI=1S/C10H11BrN2O3/c1-5(9(13)14)16-10(15)7-4-6(12)2-3-8(7)11/h2-5H,12H2,1H3,(H2,13,14). The summed E-state index contributed by atoms with van der Waals surface area (Å²) in [4.78, 5) is 22.3. The van der Waals surface area contributed by atoms with Crippen molar-refractivity contribution in [1.29, 1.82) is 0 Å². The van der Waals surface area contributed by atoms with Crippen molar-refractivity contribution in [2.45, 2.75) is 13.0 Å². The highest BCUT2D eigenvalue weighted by Gasteiger charge is 2.18. The monoisotopic (exact) mass is 286 g/mol. The van der Waals surface area contributed by atoms with Crippen molar-refractivity contribution in [3.8, 4) is 0 Å². The zero-order valence-electron chi connectivity index (χ0n) is 8.57.